The van der Waals surface area contributed by atoms with Crippen molar-refractivity contribution in [2.75, 3.05) is 11.6 Å². The SMILES string of the molecule is CC(=O)NCSC[C@H](N)[C]=O. The lowest BCUT2D eigenvalue weighted by Gasteiger charge is -2.02. The normalized spacial score (nSPS) is 12.2. The molecule has 1 amide bonds. The van der Waals surface area contributed by atoms with Gasteiger partial charge in [0.25, 0.3) is 0 Å². The molecule has 0 fully saturated rings. The van der Waals surface area contributed by atoms with Crippen LogP contribution in [-0.4, -0.2) is 29.9 Å². The van der Waals surface area contributed by atoms with Crippen LogP contribution in [0.1, 0.15) is 6.92 Å². The molecule has 0 unspecified atom stereocenters. The summed E-state index contributed by atoms with van der Waals surface area (Å²) in [6, 6.07) is -0.547. The number of thioether (sulfide) groups is 1. The molecule has 1 atom stereocenters. The fourth-order valence-corrected chi connectivity index (χ4v) is 1.12. The summed E-state index contributed by atoms with van der Waals surface area (Å²) in [5, 5.41) is 2.56. The Morgan fingerprint density at radius 3 is 2.91 bits per heavy atom. The predicted octanol–water partition coefficient (Wildman–Crippen LogP) is -0.750. The van der Waals surface area contributed by atoms with E-state index >= 15 is 0 Å². The highest BCUT2D eigenvalue weighted by molar-refractivity contribution is 7.99. The van der Waals surface area contributed by atoms with E-state index in [4.69, 9.17) is 5.73 Å². The van der Waals surface area contributed by atoms with E-state index in [1.807, 2.05) is 0 Å². The van der Waals surface area contributed by atoms with Gasteiger partial charge in [-0.15, -0.1) is 11.8 Å². The maximum absolute atomic E-state index is 10.3. The average Bonchev–Trinajstić information content (AvgIpc) is 1.97. The van der Waals surface area contributed by atoms with Gasteiger partial charge in [0.1, 0.15) is 0 Å². The highest BCUT2D eigenvalue weighted by Crippen LogP contribution is 1.96. The van der Waals surface area contributed by atoms with Gasteiger partial charge in [0.05, 0.1) is 11.9 Å². The van der Waals surface area contributed by atoms with Crippen LogP contribution in [-0.2, 0) is 9.59 Å². The minimum atomic E-state index is -0.547. The average molecular weight is 175 g/mol. The maximum atomic E-state index is 10.3. The van der Waals surface area contributed by atoms with Crippen LogP contribution >= 0.6 is 11.8 Å². The van der Waals surface area contributed by atoms with E-state index in [-0.39, 0.29) is 5.91 Å². The molecule has 63 valence electrons. The van der Waals surface area contributed by atoms with Gasteiger partial charge >= 0.3 is 0 Å². The van der Waals surface area contributed by atoms with Crippen LogP contribution in [0.25, 0.3) is 0 Å². The highest BCUT2D eigenvalue weighted by Gasteiger charge is 2.00. The zero-order valence-electron chi connectivity index (χ0n) is 6.29. The zero-order valence-corrected chi connectivity index (χ0v) is 7.11. The molecule has 0 spiro atoms. The van der Waals surface area contributed by atoms with E-state index in [0.717, 1.165) is 0 Å². The molecule has 0 rings (SSSR count). The summed E-state index contributed by atoms with van der Waals surface area (Å²) in [5.74, 6) is 0.898. The van der Waals surface area contributed by atoms with Crippen LogP contribution in [0.5, 0.6) is 0 Å². The summed E-state index contributed by atoms with van der Waals surface area (Å²) in [5.41, 5.74) is 5.23. The summed E-state index contributed by atoms with van der Waals surface area (Å²) >= 11 is 1.39. The van der Waals surface area contributed by atoms with E-state index in [1.165, 1.54) is 18.7 Å². The van der Waals surface area contributed by atoms with Crippen LogP contribution in [0.2, 0.25) is 0 Å². The molecule has 0 aromatic rings. The molecular formula is C6H11N2O2S. The summed E-state index contributed by atoms with van der Waals surface area (Å²) in [6.45, 7) is 1.44. The molecule has 0 aliphatic heterocycles. The quantitative estimate of drug-likeness (QED) is 0.426. The Morgan fingerprint density at radius 2 is 2.45 bits per heavy atom. The number of hydrogen-bond acceptors (Lipinski definition) is 4. The van der Waals surface area contributed by atoms with Gasteiger partial charge < -0.3 is 11.1 Å². The van der Waals surface area contributed by atoms with Crippen LogP contribution in [0.15, 0.2) is 0 Å². The number of nitrogens with one attached hydrogen (secondary N) is 1. The summed E-state index contributed by atoms with van der Waals surface area (Å²) in [6.07, 6.45) is 1.65. The number of rotatable bonds is 5. The van der Waals surface area contributed by atoms with Gasteiger partial charge in [0.2, 0.25) is 12.2 Å². The van der Waals surface area contributed by atoms with Gasteiger partial charge in [0, 0.05) is 12.7 Å². The molecule has 1 radical (unpaired) electrons. The predicted molar refractivity (Wildman–Crippen MR) is 44.8 cm³/mol. The molecule has 5 heteroatoms. The number of nitrogens with two attached hydrogens (primary N) is 1. The fraction of sp³-hybridized carbons (Fsp3) is 0.667. The Bertz CT molecular complexity index is 141. The summed E-state index contributed by atoms with van der Waals surface area (Å²) < 4.78 is 0. The fourth-order valence-electron chi connectivity index (χ4n) is 0.373. The molecule has 11 heavy (non-hydrogen) atoms. The van der Waals surface area contributed by atoms with Gasteiger partial charge in [-0.1, -0.05) is 0 Å². The van der Waals surface area contributed by atoms with Gasteiger partial charge in [-0.05, 0) is 0 Å². The summed E-state index contributed by atoms with van der Waals surface area (Å²) in [4.78, 5) is 20.2. The monoisotopic (exact) mass is 175 g/mol. The molecular weight excluding hydrogens is 164 g/mol. The molecule has 0 heterocycles. The number of carbonyl (C=O) groups excluding carboxylic acids is 2. The third-order valence-corrected chi connectivity index (χ3v) is 1.82. The third kappa shape index (κ3) is 7.35. The van der Waals surface area contributed by atoms with Crippen molar-refractivity contribution in [3.05, 3.63) is 0 Å². The van der Waals surface area contributed by atoms with Crippen molar-refractivity contribution in [2.45, 2.75) is 13.0 Å². The Balaban J connectivity index is 3.14. The van der Waals surface area contributed by atoms with Gasteiger partial charge in [-0.3, -0.25) is 9.59 Å². The number of carbonyl (C=O) groups is 1. The van der Waals surface area contributed by atoms with Crippen molar-refractivity contribution in [1.29, 1.82) is 0 Å². The second-order valence-electron chi connectivity index (χ2n) is 1.97. The first-order chi connectivity index (χ1) is 5.16. The van der Waals surface area contributed by atoms with Crippen molar-refractivity contribution in [1.82, 2.24) is 5.32 Å². The third-order valence-electron chi connectivity index (χ3n) is 0.872. The van der Waals surface area contributed by atoms with Crippen molar-refractivity contribution in [3.63, 3.8) is 0 Å². The van der Waals surface area contributed by atoms with Gasteiger partial charge in [0.15, 0.2) is 0 Å². The Morgan fingerprint density at radius 1 is 1.82 bits per heavy atom. The standard InChI is InChI=1S/C6H11N2O2S/c1-5(10)8-4-11-3-6(7)2-9/h6H,3-4,7H2,1H3,(H,8,10)/t6-/m1/s1. The van der Waals surface area contributed by atoms with E-state index in [9.17, 15) is 9.59 Å². The number of hydrogen-bond donors (Lipinski definition) is 2. The first-order valence-corrected chi connectivity index (χ1v) is 4.27. The van der Waals surface area contributed by atoms with E-state index in [1.54, 1.807) is 6.29 Å². The maximum Gasteiger partial charge on any atom is 0.217 e. The molecule has 3 N–H and O–H groups in total. The highest BCUT2D eigenvalue weighted by atomic mass is 32.2. The smallest absolute Gasteiger partial charge is 0.217 e. The Kier molecular flexibility index (Phi) is 5.87. The molecule has 0 saturated carbocycles. The molecule has 0 bridgehead atoms. The second kappa shape index (κ2) is 6.18. The van der Waals surface area contributed by atoms with E-state index in [0.29, 0.717) is 11.6 Å². The van der Waals surface area contributed by atoms with Crippen LogP contribution in [0.4, 0.5) is 0 Å². The Hall–Kier alpha value is -0.550. The largest absolute Gasteiger partial charge is 0.347 e. The number of amides is 1. The molecule has 0 aromatic heterocycles. The van der Waals surface area contributed by atoms with Gasteiger partial charge in [-0.25, -0.2) is 0 Å². The Labute approximate surface area is 69.9 Å². The topological polar surface area (TPSA) is 72.2 Å². The van der Waals surface area contributed by atoms with Gasteiger partial charge in [-0.2, -0.15) is 0 Å². The van der Waals surface area contributed by atoms with Crippen molar-refractivity contribution in [3.8, 4) is 0 Å². The first-order valence-electron chi connectivity index (χ1n) is 3.12. The molecule has 0 aliphatic rings. The molecule has 4 nitrogen and oxygen atoms in total. The molecule has 0 saturated heterocycles. The minimum absolute atomic E-state index is 0.0823. The second-order valence-corrected chi connectivity index (χ2v) is 3.00. The van der Waals surface area contributed by atoms with Crippen molar-refractivity contribution in [2.24, 2.45) is 5.73 Å². The molecule has 0 aliphatic carbocycles. The first kappa shape index (κ1) is 10.4. The van der Waals surface area contributed by atoms with Crippen molar-refractivity contribution >= 4 is 24.0 Å². The molecule has 0 aromatic carbocycles. The lowest BCUT2D eigenvalue weighted by Crippen LogP contribution is -2.26. The summed E-state index contributed by atoms with van der Waals surface area (Å²) in [7, 11) is 0. The lowest BCUT2D eigenvalue weighted by molar-refractivity contribution is -0.118. The van der Waals surface area contributed by atoms with E-state index in [2.05, 4.69) is 5.32 Å². The zero-order chi connectivity index (χ0) is 8.69. The van der Waals surface area contributed by atoms with Crippen LogP contribution in [0, 0.1) is 0 Å². The van der Waals surface area contributed by atoms with Crippen LogP contribution in [0.3, 0.4) is 0 Å². The minimum Gasteiger partial charge on any atom is -0.347 e. The van der Waals surface area contributed by atoms with Crippen molar-refractivity contribution < 1.29 is 9.59 Å². The van der Waals surface area contributed by atoms with E-state index < -0.39 is 6.04 Å². The lowest BCUT2D eigenvalue weighted by atomic mass is 10.4. The van der Waals surface area contributed by atoms with Crippen LogP contribution < -0.4 is 11.1 Å².